The first-order valence-corrected chi connectivity index (χ1v) is 19.0. The topological polar surface area (TPSA) is 9.23 Å². The molecule has 0 N–H and O–H groups in total. The maximum Gasteiger partial charge on any atom is -1.00 e. The quantitative estimate of drug-likeness (QED) is 0.461. The maximum absolute atomic E-state index is 6.23. The number of allylic oxidation sites excluding steroid dienone is 4. The van der Waals surface area contributed by atoms with Crippen LogP contribution < -0.4 is 28.1 Å². The van der Waals surface area contributed by atoms with Crippen molar-refractivity contribution in [2.75, 3.05) is 6.61 Å². The standard InChI is InChI=1S/C26H33OSi2.2ClH.Zr/c1-19-21-10-7-8-11-23(21)24-15-14-20(18-25(19)24)22-12-9-13-26(22)29(5,6)17-16-27-28(2,3)4;;;/h7-11,13-15,19H,12,16-17H2,1-6H3;2*1H;/q;;;+2/p-2. The largest absolute Gasteiger partial charge is 1.00 e. The molecule has 1 unspecified atom stereocenters. The van der Waals surface area contributed by atoms with Crippen LogP contribution in [-0.2, 0) is 29.1 Å². The Hall–Kier alpha value is -0.223. The van der Waals surface area contributed by atoms with Crippen LogP contribution in [0.5, 0.6) is 0 Å². The third-order valence-electron chi connectivity index (χ3n) is 6.64. The van der Waals surface area contributed by atoms with Gasteiger partial charge in [0.05, 0.1) is 0 Å². The Labute approximate surface area is 223 Å². The summed E-state index contributed by atoms with van der Waals surface area (Å²) in [5.74, 6) is 0.499. The predicted octanol–water partition coefficient (Wildman–Crippen LogP) is 0.812. The van der Waals surface area contributed by atoms with Crippen LogP contribution in [-0.4, -0.2) is 23.0 Å². The zero-order valence-corrected chi connectivity index (χ0v) is 26.0. The summed E-state index contributed by atoms with van der Waals surface area (Å²) >= 11 is 1.53. The summed E-state index contributed by atoms with van der Waals surface area (Å²) in [4.78, 5) is 0. The molecule has 6 heteroatoms. The van der Waals surface area contributed by atoms with Gasteiger partial charge in [-0.3, -0.25) is 0 Å². The van der Waals surface area contributed by atoms with E-state index in [4.69, 9.17) is 4.43 Å². The molecule has 0 fully saturated rings. The molecular formula is C26H33Cl2OSi2Zr. The van der Waals surface area contributed by atoms with Crippen LogP contribution in [0.25, 0.3) is 16.7 Å². The molecule has 1 nitrogen and oxygen atoms in total. The van der Waals surface area contributed by atoms with Gasteiger partial charge in [0.15, 0.2) is 0 Å². The van der Waals surface area contributed by atoms with E-state index in [1.807, 2.05) is 0 Å². The molecule has 0 radical (unpaired) electrons. The van der Waals surface area contributed by atoms with Gasteiger partial charge in [-0.25, -0.2) is 0 Å². The summed E-state index contributed by atoms with van der Waals surface area (Å²) in [6.45, 7) is 15.2. The average Bonchev–Trinajstić information content (AvgIpc) is 3.26. The van der Waals surface area contributed by atoms with Crippen LogP contribution in [0.15, 0.2) is 53.7 Å². The number of halogens is 2. The molecule has 2 aromatic rings. The fraction of sp³-hybridized carbons (Fsp3) is 0.385. The number of fused-ring (bicyclic) bond motifs is 3. The minimum absolute atomic E-state index is 0. The Morgan fingerprint density at radius 3 is 2.28 bits per heavy atom. The summed E-state index contributed by atoms with van der Waals surface area (Å²) in [6.07, 6.45) is 5.92. The van der Waals surface area contributed by atoms with E-state index < -0.39 is 16.4 Å². The van der Waals surface area contributed by atoms with Crippen molar-refractivity contribution in [3.05, 3.63) is 70.4 Å². The molecule has 2 aliphatic carbocycles. The second-order valence-corrected chi connectivity index (χ2v) is 20.9. The fourth-order valence-electron chi connectivity index (χ4n) is 4.97. The average molecular weight is 580 g/mol. The predicted molar refractivity (Wildman–Crippen MR) is 131 cm³/mol. The minimum atomic E-state index is -1.54. The van der Waals surface area contributed by atoms with Crippen molar-refractivity contribution in [2.45, 2.75) is 58.0 Å². The van der Waals surface area contributed by atoms with E-state index in [-0.39, 0.29) is 24.8 Å². The van der Waals surface area contributed by atoms with Gasteiger partial charge in [-0.1, -0.05) is 0 Å². The number of hydrogen-bond acceptors (Lipinski definition) is 1. The molecule has 0 heterocycles. The van der Waals surface area contributed by atoms with Gasteiger partial charge in [-0.05, 0) is 0 Å². The number of benzene rings is 2. The van der Waals surface area contributed by atoms with Gasteiger partial charge in [0.25, 0.3) is 0 Å². The van der Waals surface area contributed by atoms with E-state index in [9.17, 15) is 0 Å². The molecule has 2 aliphatic rings. The Bertz CT molecular complexity index is 1050. The Morgan fingerprint density at radius 2 is 1.59 bits per heavy atom. The molecule has 0 aliphatic heterocycles. The Morgan fingerprint density at radius 1 is 0.938 bits per heavy atom. The van der Waals surface area contributed by atoms with Gasteiger partial charge >= 0.3 is 201 Å². The van der Waals surface area contributed by atoms with Crippen molar-refractivity contribution < 1.29 is 54.0 Å². The molecule has 4 rings (SSSR count). The van der Waals surface area contributed by atoms with E-state index >= 15 is 0 Å². The molecule has 2 aromatic carbocycles. The summed E-state index contributed by atoms with van der Waals surface area (Å²) in [7, 11) is -2.99. The minimum Gasteiger partial charge on any atom is -1.00 e. The van der Waals surface area contributed by atoms with Crippen molar-refractivity contribution in [1.82, 2.24) is 0 Å². The van der Waals surface area contributed by atoms with Crippen molar-refractivity contribution in [3.8, 4) is 11.1 Å². The van der Waals surface area contributed by atoms with E-state index in [0.29, 0.717) is 5.92 Å². The van der Waals surface area contributed by atoms with Gasteiger partial charge in [-0.2, -0.15) is 0 Å². The van der Waals surface area contributed by atoms with E-state index in [1.165, 1.54) is 53.0 Å². The Kier molecular flexibility index (Phi) is 9.27. The van der Waals surface area contributed by atoms with Gasteiger partial charge in [0, 0.05) is 0 Å². The van der Waals surface area contributed by atoms with Crippen LogP contribution in [0, 0.1) is 0 Å². The molecule has 0 saturated carbocycles. The van der Waals surface area contributed by atoms with Crippen LogP contribution in [0.1, 0.15) is 36.0 Å². The summed E-state index contributed by atoms with van der Waals surface area (Å²) in [5, 5.41) is 1.65. The maximum atomic E-state index is 6.23. The van der Waals surface area contributed by atoms with Crippen molar-refractivity contribution in [3.63, 3.8) is 0 Å². The SMILES string of the molecule is CC1c2ccccc2-c2ccc(C3=C([Si](C)(C)CCO[Si](C)(C)C)C=CC3)[c]([Zr+2])c21.[Cl-].[Cl-]. The molecule has 32 heavy (non-hydrogen) atoms. The number of hydrogen-bond donors (Lipinski definition) is 0. The van der Waals surface area contributed by atoms with E-state index in [0.717, 1.165) is 13.0 Å². The smallest absolute Gasteiger partial charge is 1.00 e. The zero-order valence-electron chi connectivity index (χ0n) is 20.0. The summed E-state index contributed by atoms with van der Waals surface area (Å²) in [6, 6.07) is 15.0. The molecule has 169 valence electrons. The third kappa shape index (κ3) is 5.37. The van der Waals surface area contributed by atoms with E-state index in [2.05, 4.69) is 88.2 Å². The second kappa shape index (κ2) is 10.6. The first kappa shape index (κ1) is 28.0. The molecule has 0 saturated heterocycles. The first-order chi connectivity index (χ1) is 14.1. The van der Waals surface area contributed by atoms with Gasteiger partial charge in [-0.15, -0.1) is 0 Å². The zero-order chi connectivity index (χ0) is 21.7. The van der Waals surface area contributed by atoms with Crippen molar-refractivity contribution in [2.24, 2.45) is 0 Å². The van der Waals surface area contributed by atoms with Crippen LogP contribution >= 0.6 is 0 Å². The van der Waals surface area contributed by atoms with Crippen molar-refractivity contribution in [1.29, 1.82) is 0 Å². The molecule has 0 aromatic heterocycles. The van der Waals surface area contributed by atoms with Gasteiger partial charge in [0.1, 0.15) is 0 Å². The van der Waals surface area contributed by atoms with Gasteiger partial charge < -0.3 is 24.8 Å². The molecule has 0 bridgehead atoms. The second-order valence-electron chi connectivity index (χ2n) is 10.4. The summed E-state index contributed by atoms with van der Waals surface area (Å²) < 4.78 is 7.80. The first-order valence-electron chi connectivity index (χ1n) is 11.1. The van der Waals surface area contributed by atoms with Gasteiger partial charge in [0.2, 0.25) is 0 Å². The summed E-state index contributed by atoms with van der Waals surface area (Å²) in [5.41, 5.74) is 9.07. The third-order valence-corrected chi connectivity index (χ3v) is 12.4. The van der Waals surface area contributed by atoms with Crippen LogP contribution in [0.2, 0.25) is 38.8 Å². The molecular weight excluding hydrogens is 547 g/mol. The van der Waals surface area contributed by atoms with E-state index in [1.54, 1.807) is 19.6 Å². The molecule has 0 amide bonds. The molecule has 0 spiro atoms. The number of rotatable bonds is 6. The van der Waals surface area contributed by atoms with Crippen LogP contribution in [0.3, 0.4) is 0 Å². The van der Waals surface area contributed by atoms with Crippen LogP contribution in [0.4, 0.5) is 0 Å². The Balaban J connectivity index is 0.00000181. The van der Waals surface area contributed by atoms with Crippen molar-refractivity contribution >= 4 is 25.2 Å². The normalized spacial score (nSPS) is 17.1. The fourth-order valence-corrected chi connectivity index (χ4v) is 9.83. The monoisotopic (exact) mass is 577 g/mol. The molecule has 1 atom stereocenters.